The Hall–Kier alpha value is -1.18. The number of methoxy groups -OCH3 is 1. The van der Waals surface area contributed by atoms with E-state index < -0.39 is 30.1 Å². The lowest BCUT2D eigenvalue weighted by atomic mass is 10.1. The minimum Gasteiger partial charge on any atom is -0.457 e. The summed E-state index contributed by atoms with van der Waals surface area (Å²) in [6.45, 7) is 13.2. The van der Waals surface area contributed by atoms with Crippen molar-refractivity contribution in [1.82, 2.24) is 5.32 Å². The monoisotopic (exact) mass is 359 g/mol. The largest absolute Gasteiger partial charge is 0.457 e. The highest BCUT2D eigenvalue weighted by molar-refractivity contribution is 5.81. The van der Waals surface area contributed by atoms with Gasteiger partial charge in [-0.1, -0.05) is 0 Å². The molecule has 0 aromatic rings. The van der Waals surface area contributed by atoms with Crippen molar-refractivity contribution in [3.05, 3.63) is 0 Å². The highest BCUT2D eigenvalue weighted by Crippen LogP contribution is 2.30. The molecule has 25 heavy (non-hydrogen) atoms. The second-order valence-electron chi connectivity index (χ2n) is 8.39. The van der Waals surface area contributed by atoms with E-state index in [4.69, 9.17) is 18.9 Å². The summed E-state index contributed by atoms with van der Waals surface area (Å²) in [6.07, 6.45) is -1.97. The number of esters is 1. The number of ether oxygens (including phenoxy) is 4. The van der Waals surface area contributed by atoms with Crippen LogP contribution in [0.2, 0.25) is 0 Å². The molecule has 1 aliphatic rings. The molecule has 4 atom stereocenters. The molecule has 1 amide bonds. The summed E-state index contributed by atoms with van der Waals surface area (Å²) in [5.41, 5.74) is -0.766. The maximum atomic E-state index is 12.2. The molecular weight excluding hydrogens is 326 g/mol. The van der Waals surface area contributed by atoms with Gasteiger partial charge in [-0.2, -0.15) is 0 Å². The second kappa shape index (κ2) is 8.47. The van der Waals surface area contributed by atoms with Gasteiger partial charge in [0.1, 0.15) is 6.10 Å². The lowest BCUT2D eigenvalue weighted by molar-refractivity contribution is -0.192. The number of nitrogens with one attached hydrogen (secondary N) is 1. The normalized spacial score (nSPS) is 27.2. The lowest BCUT2D eigenvalue weighted by Crippen LogP contribution is -2.43. The summed E-state index contributed by atoms with van der Waals surface area (Å²) in [5.74, 6) is -0.638. The van der Waals surface area contributed by atoms with E-state index in [1.165, 1.54) is 7.11 Å². The highest BCUT2D eigenvalue weighted by atomic mass is 16.7. The molecular formula is C18H33NO6. The topological polar surface area (TPSA) is 83.1 Å². The Morgan fingerprint density at radius 1 is 1.04 bits per heavy atom. The fourth-order valence-electron chi connectivity index (χ4n) is 2.58. The van der Waals surface area contributed by atoms with Gasteiger partial charge >= 0.3 is 5.97 Å². The smallest absolute Gasteiger partial charge is 0.306 e. The molecule has 0 aliphatic carbocycles. The molecule has 1 saturated heterocycles. The second-order valence-corrected chi connectivity index (χ2v) is 8.39. The number of carbonyl (C=O) groups is 2. The van der Waals surface area contributed by atoms with Gasteiger partial charge in [-0.3, -0.25) is 9.59 Å². The van der Waals surface area contributed by atoms with Crippen molar-refractivity contribution in [3.8, 4) is 0 Å². The van der Waals surface area contributed by atoms with Crippen molar-refractivity contribution in [2.45, 2.75) is 97.0 Å². The molecule has 0 bridgehead atoms. The zero-order valence-corrected chi connectivity index (χ0v) is 16.7. The van der Waals surface area contributed by atoms with E-state index in [0.29, 0.717) is 0 Å². The van der Waals surface area contributed by atoms with Crippen LogP contribution in [0.15, 0.2) is 0 Å². The average molecular weight is 359 g/mol. The number of amides is 1. The molecule has 1 fully saturated rings. The zero-order valence-electron chi connectivity index (χ0n) is 16.7. The van der Waals surface area contributed by atoms with Crippen molar-refractivity contribution in [1.29, 1.82) is 0 Å². The quantitative estimate of drug-likeness (QED) is 0.732. The van der Waals surface area contributed by atoms with Gasteiger partial charge in [0, 0.05) is 19.1 Å². The Bertz CT molecular complexity index is 465. The third-order valence-corrected chi connectivity index (χ3v) is 3.46. The summed E-state index contributed by atoms with van der Waals surface area (Å²) in [6, 6.07) is 0. The van der Waals surface area contributed by atoms with Crippen LogP contribution in [0.5, 0.6) is 0 Å². The molecule has 0 unspecified atom stereocenters. The molecule has 1 N–H and O–H groups in total. The van der Waals surface area contributed by atoms with E-state index in [0.717, 1.165) is 0 Å². The van der Waals surface area contributed by atoms with Crippen LogP contribution in [0, 0.1) is 0 Å². The Kier molecular flexibility index (Phi) is 7.40. The maximum Gasteiger partial charge on any atom is 0.306 e. The van der Waals surface area contributed by atoms with Crippen LogP contribution in [0.4, 0.5) is 0 Å². The predicted molar refractivity (Wildman–Crippen MR) is 93.0 cm³/mol. The van der Waals surface area contributed by atoms with Gasteiger partial charge in [-0.05, 0) is 48.5 Å². The van der Waals surface area contributed by atoms with Crippen LogP contribution in [-0.2, 0) is 28.5 Å². The van der Waals surface area contributed by atoms with Crippen molar-refractivity contribution in [2.75, 3.05) is 7.11 Å². The van der Waals surface area contributed by atoms with Crippen molar-refractivity contribution in [3.63, 3.8) is 0 Å². The number of hydrogen-bond donors (Lipinski definition) is 1. The van der Waals surface area contributed by atoms with Crippen LogP contribution >= 0.6 is 0 Å². The Morgan fingerprint density at radius 3 is 2.12 bits per heavy atom. The minimum absolute atomic E-state index is 0.00498. The first kappa shape index (κ1) is 21.9. The molecule has 7 nitrogen and oxygen atoms in total. The van der Waals surface area contributed by atoms with Gasteiger partial charge in [0.2, 0.25) is 5.91 Å². The first-order valence-electron chi connectivity index (χ1n) is 8.69. The van der Waals surface area contributed by atoms with Crippen LogP contribution in [0.25, 0.3) is 0 Å². The van der Waals surface area contributed by atoms with Crippen molar-refractivity contribution >= 4 is 11.9 Å². The van der Waals surface area contributed by atoms with Gasteiger partial charge < -0.3 is 24.3 Å². The van der Waals surface area contributed by atoms with Crippen LogP contribution in [-0.4, -0.2) is 54.7 Å². The molecule has 0 saturated carbocycles. The fourth-order valence-corrected chi connectivity index (χ4v) is 2.58. The summed E-state index contributed by atoms with van der Waals surface area (Å²) in [4.78, 5) is 24.0. The van der Waals surface area contributed by atoms with Gasteiger partial charge in [0.15, 0.2) is 12.4 Å². The molecule has 0 radical (unpaired) electrons. The average Bonchev–Trinajstić information content (AvgIpc) is 2.70. The summed E-state index contributed by atoms with van der Waals surface area (Å²) < 4.78 is 22.5. The predicted octanol–water partition coefficient (Wildman–Crippen LogP) is 2.17. The van der Waals surface area contributed by atoms with E-state index in [-0.39, 0.29) is 30.4 Å². The maximum absolute atomic E-state index is 12.2. The third kappa shape index (κ3) is 7.71. The summed E-state index contributed by atoms with van der Waals surface area (Å²) >= 11 is 0. The lowest BCUT2D eigenvalue weighted by Gasteiger charge is -2.30. The van der Waals surface area contributed by atoms with Gasteiger partial charge in [0.05, 0.1) is 18.1 Å². The van der Waals surface area contributed by atoms with E-state index in [2.05, 4.69) is 5.32 Å². The van der Waals surface area contributed by atoms with E-state index in [1.807, 2.05) is 48.5 Å². The van der Waals surface area contributed by atoms with Crippen LogP contribution in [0.3, 0.4) is 0 Å². The Morgan fingerprint density at radius 2 is 1.64 bits per heavy atom. The Balaban J connectivity index is 2.62. The first-order chi connectivity index (χ1) is 11.3. The molecule has 0 aromatic heterocycles. The summed E-state index contributed by atoms with van der Waals surface area (Å²) in [7, 11) is 1.53. The Labute approximate surface area is 150 Å². The SMILES string of the molecule is CO[C@@H]1O[C@H](C)[C@@H](OC(=O)CCC(=O)NC(C)(C)C)[C@H]1OC(C)(C)C. The van der Waals surface area contributed by atoms with Crippen molar-refractivity contribution < 1.29 is 28.5 Å². The molecule has 1 heterocycles. The minimum atomic E-state index is -0.601. The third-order valence-electron chi connectivity index (χ3n) is 3.46. The molecule has 146 valence electrons. The zero-order chi connectivity index (χ0) is 19.4. The molecule has 0 aromatic carbocycles. The van der Waals surface area contributed by atoms with Gasteiger partial charge in [-0.15, -0.1) is 0 Å². The van der Waals surface area contributed by atoms with E-state index >= 15 is 0 Å². The summed E-state index contributed by atoms with van der Waals surface area (Å²) in [5, 5.41) is 2.82. The van der Waals surface area contributed by atoms with Crippen LogP contribution < -0.4 is 5.32 Å². The van der Waals surface area contributed by atoms with Crippen LogP contribution in [0.1, 0.15) is 61.3 Å². The standard InChI is InChI=1S/C18H33NO6/c1-11-14(15(16(22-8)23-11)25-18(5,6)7)24-13(21)10-9-12(20)19-17(2,3)4/h11,14-16H,9-10H2,1-8H3,(H,19,20)/t11-,14-,15-,16-/m1/s1. The molecule has 7 heteroatoms. The fraction of sp³-hybridized carbons (Fsp3) is 0.889. The number of carbonyl (C=O) groups excluding carboxylic acids is 2. The van der Waals surface area contributed by atoms with E-state index in [9.17, 15) is 9.59 Å². The number of rotatable bonds is 6. The van der Waals surface area contributed by atoms with Crippen molar-refractivity contribution in [2.24, 2.45) is 0 Å². The number of hydrogen-bond acceptors (Lipinski definition) is 6. The molecule has 1 rings (SSSR count). The van der Waals surface area contributed by atoms with Gasteiger partial charge in [0.25, 0.3) is 0 Å². The van der Waals surface area contributed by atoms with Gasteiger partial charge in [-0.25, -0.2) is 0 Å². The highest BCUT2D eigenvalue weighted by Gasteiger charge is 2.47. The molecule has 0 spiro atoms. The van der Waals surface area contributed by atoms with E-state index in [1.54, 1.807) is 0 Å². The first-order valence-corrected chi connectivity index (χ1v) is 8.69. The molecule has 1 aliphatic heterocycles.